The maximum atomic E-state index is 3.74. The molecule has 0 bridgehead atoms. The summed E-state index contributed by atoms with van der Waals surface area (Å²) in [5, 5.41) is 4.61. The van der Waals surface area contributed by atoms with E-state index >= 15 is 0 Å². The molecule has 2 atom stereocenters. The number of hydrogen-bond donors (Lipinski definition) is 1. The summed E-state index contributed by atoms with van der Waals surface area (Å²) in [6, 6.07) is 5.38. The van der Waals surface area contributed by atoms with E-state index in [1.54, 1.807) is 0 Å². The lowest BCUT2D eigenvalue weighted by Crippen LogP contribution is -2.26. The quantitative estimate of drug-likeness (QED) is 0.881. The largest absolute Gasteiger partial charge is 0.310 e. The fourth-order valence-corrected chi connectivity index (χ4v) is 3.60. The second-order valence-electron chi connectivity index (χ2n) is 5.61. The molecular weight excluding hydrogens is 238 g/mol. The van der Waals surface area contributed by atoms with Crippen LogP contribution < -0.4 is 5.32 Å². The molecule has 100 valence electrons. The van der Waals surface area contributed by atoms with Crippen molar-refractivity contribution >= 4 is 11.8 Å². The van der Waals surface area contributed by atoms with Crippen LogP contribution in [0.1, 0.15) is 41.5 Å². The number of thioether (sulfide) groups is 1. The van der Waals surface area contributed by atoms with Crippen LogP contribution in [0.5, 0.6) is 0 Å². The van der Waals surface area contributed by atoms with Crippen molar-refractivity contribution in [1.82, 2.24) is 5.32 Å². The van der Waals surface area contributed by atoms with Gasteiger partial charge in [-0.2, -0.15) is 11.8 Å². The molecule has 0 amide bonds. The fraction of sp³-hybridized carbons (Fsp3) is 0.625. The van der Waals surface area contributed by atoms with Gasteiger partial charge in [-0.3, -0.25) is 0 Å². The van der Waals surface area contributed by atoms with Gasteiger partial charge in [0.15, 0.2) is 0 Å². The maximum absolute atomic E-state index is 3.74. The van der Waals surface area contributed by atoms with Crippen LogP contribution in [0.25, 0.3) is 0 Å². The summed E-state index contributed by atoms with van der Waals surface area (Å²) in [6.45, 7) is 7.65. The van der Waals surface area contributed by atoms with Crippen molar-refractivity contribution in [3.05, 3.63) is 34.4 Å². The van der Waals surface area contributed by atoms with Crippen molar-refractivity contribution in [3.8, 4) is 0 Å². The van der Waals surface area contributed by atoms with Gasteiger partial charge in [0.25, 0.3) is 0 Å². The van der Waals surface area contributed by atoms with Gasteiger partial charge in [-0.25, -0.2) is 0 Å². The molecule has 0 heterocycles. The molecule has 1 nitrogen and oxygen atoms in total. The average molecular weight is 263 g/mol. The van der Waals surface area contributed by atoms with Crippen LogP contribution in [0.2, 0.25) is 0 Å². The molecule has 1 saturated carbocycles. The SMILES string of the molecule is CSC1CCC(NCc2cc(C)c(C)cc2C)C1. The molecule has 1 N–H and O–H groups in total. The predicted octanol–water partition coefficient (Wildman–Crippen LogP) is 3.99. The fourth-order valence-electron chi connectivity index (χ4n) is 2.80. The topological polar surface area (TPSA) is 12.0 Å². The molecule has 2 rings (SSSR count). The Morgan fingerprint density at radius 3 is 2.50 bits per heavy atom. The Kier molecular flexibility index (Phi) is 4.74. The minimum Gasteiger partial charge on any atom is -0.310 e. The molecule has 1 aliphatic carbocycles. The summed E-state index contributed by atoms with van der Waals surface area (Å²) < 4.78 is 0. The van der Waals surface area contributed by atoms with Gasteiger partial charge >= 0.3 is 0 Å². The standard InChI is InChI=1S/C16H25NS/c1-11-7-13(3)14(8-12(11)2)10-17-15-5-6-16(9-15)18-4/h7-8,15-17H,5-6,9-10H2,1-4H3. The number of benzene rings is 1. The Morgan fingerprint density at radius 2 is 1.83 bits per heavy atom. The van der Waals surface area contributed by atoms with Crippen molar-refractivity contribution in [2.75, 3.05) is 6.26 Å². The summed E-state index contributed by atoms with van der Waals surface area (Å²) in [4.78, 5) is 0. The molecule has 0 spiro atoms. The minimum absolute atomic E-state index is 0.725. The molecule has 0 aromatic heterocycles. The van der Waals surface area contributed by atoms with Crippen LogP contribution in [-0.2, 0) is 6.54 Å². The molecule has 2 unspecified atom stereocenters. The molecule has 18 heavy (non-hydrogen) atoms. The van der Waals surface area contributed by atoms with E-state index in [9.17, 15) is 0 Å². The first-order valence-electron chi connectivity index (χ1n) is 6.93. The highest BCUT2D eigenvalue weighted by atomic mass is 32.2. The van der Waals surface area contributed by atoms with Crippen LogP contribution in [0, 0.1) is 20.8 Å². The van der Waals surface area contributed by atoms with Crippen LogP contribution in [0.4, 0.5) is 0 Å². The van der Waals surface area contributed by atoms with Crippen LogP contribution in [-0.4, -0.2) is 17.5 Å². The highest BCUT2D eigenvalue weighted by Crippen LogP contribution is 2.28. The van der Waals surface area contributed by atoms with E-state index in [4.69, 9.17) is 0 Å². The maximum Gasteiger partial charge on any atom is 0.0210 e. The summed E-state index contributed by atoms with van der Waals surface area (Å²) in [5.74, 6) is 0. The third-order valence-corrected chi connectivity index (χ3v) is 5.35. The predicted molar refractivity (Wildman–Crippen MR) is 82.4 cm³/mol. The first-order chi connectivity index (χ1) is 8.60. The van der Waals surface area contributed by atoms with E-state index in [0.717, 1.165) is 17.8 Å². The summed E-state index contributed by atoms with van der Waals surface area (Å²) >= 11 is 2.03. The van der Waals surface area contributed by atoms with Gasteiger partial charge in [0.2, 0.25) is 0 Å². The van der Waals surface area contributed by atoms with E-state index in [2.05, 4.69) is 44.5 Å². The van der Waals surface area contributed by atoms with Gasteiger partial charge in [-0.1, -0.05) is 12.1 Å². The van der Waals surface area contributed by atoms with Crippen molar-refractivity contribution in [2.45, 2.75) is 57.9 Å². The van der Waals surface area contributed by atoms with E-state index < -0.39 is 0 Å². The van der Waals surface area contributed by atoms with Crippen molar-refractivity contribution in [1.29, 1.82) is 0 Å². The van der Waals surface area contributed by atoms with Gasteiger partial charge in [-0.15, -0.1) is 0 Å². The summed E-state index contributed by atoms with van der Waals surface area (Å²) in [5.41, 5.74) is 5.70. The molecule has 0 saturated heterocycles. The number of rotatable bonds is 4. The molecule has 0 radical (unpaired) electrons. The van der Waals surface area contributed by atoms with E-state index in [1.165, 1.54) is 41.5 Å². The monoisotopic (exact) mass is 263 g/mol. The minimum atomic E-state index is 0.725. The lowest BCUT2D eigenvalue weighted by Gasteiger charge is -2.15. The zero-order valence-electron chi connectivity index (χ0n) is 12.0. The highest BCUT2D eigenvalue weighted by molar-refractivity contribution is 7.99. The van der Waals surface area contributed by atoms with E-state index in [0.29, 0.717) is 0 Å². The van der Waals surface area contributed by atoms with Gasteiger partial charge in [0, 0.05) is 17.8 Å². The average Bonchev–Trinajstić information content (AvgIpc) is 2.80. The summed E-state index contributed by atoms with van der Waals surface area (Å²) in [7, 11) is 0. The van der Waals surface area contributed by atoms with Crippen LogP contribution >= 0.6 is 11.8 Å². The van der Waals surface area contributed by atoms with Crippen molar-refractivity contribution in [2.24, 2.45) is 0 Å². The Balaban J connectivity index is 1.93. The molecule has 1 aliphatic rings. The number of nitrogens with one attached hydrogen (secondary N) is 1. The van der Waals surface area contributed by atoms with Crippen LogP contribution in [0.15, 0.2) is 12.1 Å². The van der Waals surface area contributed by atoms with Gasteiger partial charge in [-0.05, 0) is 68.5 Å². The number of hydrogen-bond acceptors (Lipinski definition) is 2. The van der Waals surface area contributed by atoms with Gasteiger partial charge in [0.05, 0.1) is 0 Å². The lowest BCUT2D eigenvalue weighted by molar-refractivity contribution is 0.524. The zero-order chi connectivity index (χ0) is 13.1. The van der Waals surface area contributed by atoms with Crippen LogP contribution in [0.3, 0.4) is 0 Å². The summed E-state index contributed by atoms with van der Waals surface area (Å²) in [6.07, 6.45) is 6.30. The molecule has 2 heteroatoms. The first-order valence-corrected chi connectivity index (χ1v) is 8.22. The Hall–Kier alpha value is -0.470. The smallest absolute Gasteiger partial charge is 0.0210 e. The Bertz CT molecular complexity index is 414. The molecule has 1 aromatic carbocycles. The molecular formula is C16H25NS. The van der Waals surface area contributed by atoms with Gasteiger partial charge < -0.3 is 5.32 Å². The van der Waals surface area contributed by atoms with Crippen molar-refractivity contribution in [3.63, 3.8) is 0 Å². The first kappa shape index (κ1) is 14.0. The third kappa shape index (κ3) is 3.30. The van der Waals surface area contributed by atoms with Gasteiger partial charge in [0.1, 0.15) is 0 Å². The molecule has 1 fully saturated rings. The Morgan fingerprint density at radius 1 is 1.11 bits per heavy atom. The second kappa shape index (κ2) is 6.12. The number of aryl methyl sites for hydroxylation is 3. The van der Waals surface area contributed by atoms with E-state index in [-0.39, 0.29) is 0 Å². The molecule has 0 aliphatic heterocycles. The third-order valence-electron chi connectivity index (χ3n) is 4.25. The second-order valence-corrected chi connectivity index (χ2v) is 6.75. The van der Waals surface area contributed by atoms with Crippen molar-refractivity contribution < 1.29 is 0 Å². The zero-order valence-corrected chi connectivity index (χ0v) is 12.9. The lowest BCUT2D eigenvalue weighted by atomic mass is 10.0. The van der Waals surface area contributed by atoms with E-state index in [1.807, 2.05) is 11.8 Å². The normalized spacial score (nSPS) is 23.6. The Labute approximate surface area is 116 Å². The highest BCUT2D eigenvalue weighted by Gasteiger charge is 2.23. The molecule has 1 aromatic rings.